The minimum Gasteiger partial charge on any atom is -0.493 e. The van der Waals surface area contributed by atoms with E-state index >= 15 is 0 Å². The number of aryl methyl sites for hydroxylation is 1. The summed E-state index contributed by atoms with van der Waals surface area (Å²) in [5.74, 6) is 1.63. The van der Waals surface area contributed by atoms with Crippen LogP contribution in [-0.2, 0) is 13.0 Å². The first-order valence-electron chi connectivity index (χ1n) is 8.38. The molecule has 3 nitrogen and oxygen atoms in total. The van der Waals surface area contributed by atoms with E-state index in [1.807, 2.05) is 6.07 Å². The van der Waals surface area contributed by atoms with Crippen molar-refractivity contribution in [3.05, 3.63) is 59.7 Å². The highest BCUT2D eigenvalue weighted by atomic mass is 16.5. The van der Waals surface area contributed by atoms with Gasteiger partial charge in [0, 0.05) is 6.54 Å². The third-order valence-electron chi connectivity index (χ3n) is 3.68. The Balaban J connectivity index is 1.74. The fraction of sp³-hybridized carbons (Fsp3) is 0.400. The summed E-state index contributed by atoms with van der Waals surface area (Å²) in [6, 6.07) is 16.7. The molecule has 2 rings (SSSR count). The summed E-state index contributed by atoms with van der Waals surface area (Å²) in [6.07, 6.45) is 3.24. The van der Waals surface area contributed by atoms with E-state index in [1.165, 1.54) is 11.1 Å². The van der Waals surface area contributed by atoms with Crippen molar-refractivity contribution in [2.45, 2.75) is 32.7 Å². The maximum atomic E-state index is 5.68. The second-order valence-electron chi connectivity index (χ2n) is 5.60. The van der Waals surface area contributed by atoms with Gasteiger partial charge >= 0.3 is 0 Å². The van der Waals surface area contributed by atoms with Gasteiger partial charge in [0.25, 0.3) is 0 Å². The molecule has 2 aromatic rings. The highest BCUT2D eigenvalue weighted by Crippen LogP contribution is 2.28. The van der Waals surface area contributed by atoms with Gasteiger partial charge in [-0.05, 0) is 49.1 Å². The van der Waals surface area contributed by atoms with Gasteiger partial charge in [-0.1, -0.05) is 43.3 Å². The molecule has 0 atom stereocenters. The van der Waals surface area contributed by atoms with Crippen LogP contribution in [0.15, 0.2) is 48.5 Å². The maximum Gasteiger partial charge on any atom is 0.161 e. The van der Waals surface area contributed by atoms with Gasteiger partial charge in [0.05, 0.1) is 13.7 Å². The summed E-state index contributed by atoms with van der Waals surface area (Å²) in [4.78, 5) is 0. The Labute approximate surface area is 139 Å². The lowest BCUT2D eigenvalue weighted by molar-refractivity contribution is 0.294. The van der Waals surface area contributed by atoms with Gasteiger partial charge in [0.1, 0.15) is 0 Å². The molecule has 0 radical (unpaired) electrons. The second-order valence-corrected chi connectivity index (χ2v) is 5.60. The largest absolute Gasteiger partial charge is 0.493 e. The zero-order valence-corrected chi connectivity index (χ0v) is 14.2. The normalized spacial score (nSPS) is 10.5. The van der Waals surface area contributed by atoms with E-state index in [2.05, 4.69) is 54.7 Å². The predicted octanol–water partition coefficient (Wildman–Crippen LogP) is 4.21. The minimum atomic E-state index is 0.716. The molecule has 0 heterocycles. The van der Waals surface area contributed by atoms with Gasteiger partial charge in [0.15, 0.2) is 11.5 Å². The van der Waals surface area contributed by atoms with Crippen LogP contribution in [0.1, 0.15) is 30.9 Å². The fourth-order valence-electron chi connectivity index (χ4n) is 2.45. The molecular weight excluding hydrogens is 286 g/mol. The van der Waals surface area contributed by atoms with Gasteiger partial charge < -0.3 is 14.8 Å². The number of nitrogens with one attached hydrogen (secondary N) is 1. The third kappa shape index (κ3) is 5.95. The maximum absolute atomic E-state index is 5.68. The molecule has 0 saturated heterocycles. The molecule has 0 spiro atoms. The van der Waals surface area contributed by atoms with Crippen LogP contribution in [0.25, 0.3) is 0 Å². The van der Waals surface area contributed by atoms with E-state index in [-0.39, 0.29) is 0 Å². The van der Waals surface area contributed by atoms with Crippen molar-refractivity contribution >= 4 is 0 Å². The lowest BCUT2D eigenvalue weighted by Gasteiger charge is -2.12. The molecule has 0 saturated carbocycles. The number of benzene rings is 2. The molecule has 0 bridgehead atoms. The van der Waals surface area contributed by atoms with Crippen molar-refractivity contribution < 1.29 is 9.47 Å². The smallest absolute Gasteiger partial charge is 0.161 e. The molecule has 0 fully saturated rings. The van der Waals surface area contributed by atoms with Crippen LogP contribution < -0.4 is 14.8 Å². The van der Waals surface area contributed by atoms with E-state index in [4.69, 9.17) is 9.47 Å². The Morgan fingerprint density at radius 3 is 2.52 bits per heavy atom. The van der Waals surface area contributed by atoms with Crippen molar-refractivity contribution in [2.24, 2.45) is 0 Å². The minimum absolute atomic E-state index is 0.716. The second kappa shape index (κ2) is 9.90. The van der Waals surface area contributed by atoms with Crippen LogP contribution in [0.2, 0.25) is 0 Å². The Kier molecular flexibility index (Phi) is 7.47. The summed E-state index contributed by atoms with van der Waals surface area (Å²) in [7, 11) is 1.69. The van der Waals surface area contributed by atoms with E-state index in [9.17, 15) is 0 Å². The SMILES string of the molecule is CCCOc1ccc(CNCCCc2ccccc2)cc1OC. The van der Waals surface area contributed by atoms with Crippen LogP contribution in [0.3, 0.4) is 0 Å². The third-order valence-corrected chi connectivity index (χ3v) is 3.68. The first kappa shape index (κ1) is 17.4. The zero-order chi connectivity index (χ0) is 16.3. The van der Waals surface area contributed by atoms with Crippen molar-refractivity contribution in [3.8, 4) is 11.5 Å². The first-order valence-corrected chi connectivity index (χ1v) is 8.38. The van der Waals surface area contributed by atoms with Gasteiger partial charge in [-0.3, -0.25) is 0 Å². The van der Waals surface area contributed by atoms with Gasteiger partial charge in [-0.25, -0.2) is 0 Å². The number of rotatable bonds is 10. The van der Waals surface area contributed by atoms with E-state index in [1.54, 1.807) is 7.11 Å². The van der Waals surface area contributed by atoms with Crippen LogP contribution in [0.4, 0.5) is 0 Å². The Morgan fingerprint density at radius 2 is 1.78 bits per heavy atom. The van der Waals surface area contributed by atoms with Crippen LogP contribution in [0, 0.1) is 0 Å². The summed E-state index contributed by atoms with van der Waals surface area (Å²) in [5, 5.41) is 3.49. The molecule has 3 heteroatoms. The fourth-order valence-corrected chi connectivity index (χ4v) is 2.45. The van der Waals surface area contributed by atoms with E-state index < -0.39 is 0 Å². The highest BCUT2D eigenvalue weighted by Gasteiger charge is 2.05. The topological polar surface area (TPSA) is 30.5 Å². The first-order chi connectivity index (χ1) is 11.3. The molecule has 0 unspecified atom stereocenters. The van der Waals surface area contributed by atoms with Crippen molar-refractivity contribution in [1.29, 1.82) is 0 Å². The van der Waals surface area contributed by atoms with Crippen LogP contribution in [0.5, 0.6) is 11.5 Å². The number of hydrogen-bond donors (Lipinski definition) is 1. The van der Waals surface area contributed by atoms with Crippen LogP contribution in [-0.4, -0.2) is 20.3 Å². The van der Waals surface area contributed by atoms with Crippen molar-refractivity contribution in [2.75, 3.05) is 20.3 Å². The molecule has 0 aliphatic carbocycles. The predicted molar refractivity (Wildman–Crippen MR) is 95.2 cm³/mol. The number of ether oxygens (including phenoxy) is 2. The van der Waals surface area contributed by atoms with Crippen molar-refractivity contribution in [1.82, 2.24) is 5.32 Å². The Hall–Kier alpha value is -2.00. The monoisotopic (exact) mass is 313 g/mol. The lowest BCUT2D eigenvalue weighted by atomic mass is 10.1. The number of hydrogen-bond acceptors (Lipinski definition) is 3. The lowest BCUT2D eigenvalue weighted by Crippen LogP contribution is -2.15. The van der Waals surface area contributed by atoms with E-state index in [0.29, 0.717) is 6.61 Å². The molecule has 124 valence electrons. The molecule has 23 heavy (non-hydrogen) atoms. The molecular formula is C20H27NO2. The molecule has 1 N–H and O–H groups in total. The van der Waals surface area contributed by atoms with Crippen LogP contribution >= 0.6 is 0 Å². The average molecular weight is 313 g/mol. The molecule has 0 aliphatic rings. The van der Waals surface area contributed by atoms with Gasteiger partial charge in [-0.2, -0.15) is 0 Å². The average Bonchev–Trinajstić information content (AvgIpc) is 2.61. The summed E-state index contributed by atoms with van der Waals surface area (Å²) in [5.41, 5.74) is 2.61. The molecule has 0 aromatic heterocycles. The standard InChI is InChI=1S/C20H27NO2/c1-3-14-23-19-12-11-18(15-20(19)22-2)16-21-13-7-10-17-8-5-4-6-9-17/h4-6,8-9,11-12,15,21H,3,7,10,13-14,16H2,1-2H3. The summed E-state index contributed by atoms with van der Waals surface area (Å²) < 4.78 is 11.1. The molecule has 0 amide bonds. The summed E-state index contributed by atoms with van der Waals surface area (Å²) >= 11 is 0. The Morgan fingerprint density at radius 1 is 0.957 bits per heavy atom. The number of methoxy groups -OCH3 is 1. The van der Waals surface area contributed by atoms with Crippen molar-refractivity contribution in [3.63, 3.8) is 0 Å². The van der Waals surface area contributed by atoms with E-state index in [0.717, 1.165) is 43.9 Å². The highest BCUT2D eigenvalue weighted by molar-refractivity contribution is 5.42. The Bertz CT molecular complexity index is 569. The molecule has 0 aliphatic heterocycles. The quantitative estimate of drug-likeness (QED) is 0.667. The summed E-state index contributed by atoms with van der Waals surface area (Å²) in [6.45, 7) is 4.66. The van der Waals surface area contributed by atoms with Gasteiger partial charge in [0.2, 0.25) is 0 Å². The van der Waals surface area contributed by atoms with Gasteiger partial charge in [-0.15, -0.1) is 0 Å². The zero-order valence-electron chi connectivity index (χ0n) is 14.2. The molecule has 2 aromatic carbocycles.